The number of nitrogens with two attached hydrogens (primary N) is 1. The molecule has 0 radical (unpaired) electrons. The van der Waals surface area contributed by atoms with Gasteiger partial charge in [0.1, 0.15) is 6.04 Å². The lowest BCUT2D eigenvalue weighted by atomic mass is 10.0. The van der Waals surface area contributed by atoms with E-state index in [4.69, 9.17) is 15.6 Å². The molecule has 0 fully saturated rings. The second-order valence-corrected chi connectivity index (χ2v) is 10.4. The van der Waals surface area contributed by atoms with Gasteiger partial charge in [0.05, 0.1) is 10.2 Å². The molecule has 4 aromatic carbocycles. The van der Waals surface area contributed by atoms with E-state index in [-0.39, 0.29) is 22.6 Å². The molecule has 9 nitrogen and oxygen atoms in total. The summed E-state index contributed by atoms with van der Waals surface area (Å²) in [6.07, 6.45) is -5.08. The monoisotopic (exact) mass is 634 g/mol. The summed E-state index contributed by atoms with van der Waals surface area (Å²) in [5, 5.41) is 13.1. The van der Waals surface area contributed by atoms with Gasteiger partial charge in [-0.15, -0.1) is 11.3 Å². The maximum atomic E-state index is 13.7. The summed E-state index contributed by atoms with van der Waals surface area (Å²) >= 11 is 1.21. The Bertz CT molecular complexity index is 1810. The zero-order chi connectivity index (χ0) is 32.6. The number of hydrogen-bond donors (Lipinski definition) is 4. The zero-order valence-electron chi connectivity index (χ0n) is 23.2. The van der Waals surface area contributed by atoms with Gasteiger partial charge in [-0.05, 0) is 53.6 Å². The summed E-state index contributed by atoms with van der Waals surface area (Å²) in [5.74, 6) is -3.67. The number of carbonyl (C=O) groups is 4. The minimum atomic E-state index is -5.08. The minimum Gasteiger partial charge on any atom is -0.475 e. The van der Waals surface area contributed by atoms with E-state index in [1.54, 1.807) is 78.9 Å². The van der Waals surface area contributed by atoms with Gasteiger partial charge in [0.25, 0.3) is 11.8 Å². The lowest BCUT2D eigenvalue weighted by Gasteiger charge is -2.17. The van der Waals surface area contributed by atoms with E-state index < -0.39 is 18.2 Å². The quantitative estimate of drug-likeness (QED) is 0.153. The standard InChI is InChI=1S/C30H24N4O3S.C2HF3O2/c31-18-19-11-13-20(14-12-19)26(34-29(37)22-9-5-2-6-10-22)27(35)30-33-24-16-15-23(17-25(24)38-30)32-28(36)21-7-3-1-4-8-21;3-2(4,5)1(6)7/h1-17,26H,18,31H2,(H,32,36)(H,34,37);(H,6,7). The molecule has 0 saturated carbocycles. The first kappa shape index (κ1) is 32.5. The van der Waals surface area contributed by atoms with Crippen molar-refractivity contribution in [1.82, 2.24) is 10.3 Å². The Morgan fingerprint density at radius 3 is 1.91 bits per heavy atom. The highest BCUT2D eigenvalue weighted by Crippen LogP contribution is 2.29. The van der Waals surface area contributed by atoms with Gasteiger partial charge in [-0.1, -0.05) is 60.7 Å². The number of hydrogen-bond acceptors (Lipinski definition) is 7. The number of carbonyl (C=O) groups excluding carboxylic acids is 3. The Hall–Kier alpha value is -5.40. The van der Waals surface area contributed by atoms with E-state index in [9.17, 15) is 27.6 Å². The summed E-state index contributed by atoms with van der Waals surface area (Å²) in [6.45, 7) is 0.371. The lowest BCUT2D eigenvalue weighted by molar-refractivity contribution is -0.192. The second kappa shape index (κ2) is 14.4. The molecule has 0 aliphatic carbocycles. The van der Waals surface area contributed by atoms with Crippen LogP contribution >= 0.6 is 11.3 Å². The van der Waals surface area contributed by atoms with Crippen LogP contribution in [0.1, 0.15) is 47.7 Å². The van der Waals surface area contributed by atoms with Crippen molar-refractivity contribution in [2.24, 2.45) is 5.73 Å². The van der Waals surface area contributed by atoms with Crippen LogP contribution in [-0.2, 0) is 11.3 Å². The molecule has 5 rings (SSSR count). The highest BCUT2D eigenvalue weighted by Gasteiger charge is 2.38. The number of carboxylic acid groups (broad SMARTS) is 1. The Morgan fingerprint density at radius 2 is 1.38 bits per heavy atom. The van der Waals surface area contributed by atoms with Gasteiger partial charge in [0, 0.05) is 23.4 Å². The van der Waals surface area contributed by atoms with Crippen LogP contribution in [0.3, 0.4) is 0 Å². The average Bonchev–Trinajstić information content (AvgIpc) is 3.47. The normalized spacial score (nSPS) is 11.6. The van der Waals surface area contributed by atoms with E-state index in [1.165, 1.54) is 11.3 Å². The molecule has 0 saturated heterocycles. The first-order valence-corrected chi connectivity index (χ1v) is 14.0. The SMILES string of the molecule is NCc1ccc(C(NC(=O)c2ccccc2)C(=O)c2nc3ccc(NC(=O)c4ccccc4)cc3s2)cc1.O=C(O)C(F)(F)F. The third-order valence-corrected chi connectivity index (χ3v) is 7.29. The maximum absolute atomic E-state index is 13.7. The molecule has 5 aromatic rings. The zero-order valence-corrected chi connectivity index (χ0v) is 24.1. The van der Waals surface area contributed by atoms with Gasteiger partial charge >= 0.3 is 12.1 Å². The first-order chi connectivity index (χ1) is 21.5. The highest BCUT2D eigenvalue weighted by atomic mass is 32.1. The molecule has 45 heavy (non-hydrogen) atoms. The summed E-state index contributed by atoms with van der Waals surface area (Å²) < 4.78 is 32.5. The second-order valence-electron chi connectivity index (χ2n) is 9.41. The van der Waals surface area contributed by atoms with Crippen molar-refractivity contribution in [3.8, 4) is 0 Å². The number of fused-ring (bicyclic) bond motifs is 1. The lowest BCUT2D eigenvalue weighted by Crippen LogP contribution is -2.34. The molecule has 0 spiro atoms. The number of halogens is 3. The first-order valence-electron chi connectivity index (χ1n) is 13.2. The van der Waals surface area contributed by atoms with Gasteiger partial charge in [0.2, 0.25) is 5.78 Å². The van der Waals surface area contributed by atoms with Gasteiger partial charge in [-0.2, -0.15) is 13.2 Å². The smallest absolute Gasteiger partial charge is 0.475 e. The molecule has 0 bridgehead atoms. The average molecular weight is 635 g/mol. The van der Waals surface area contributed by atoms with Crippen molar-refractivity contribution in [1.29, 1.82) is 0 Å². The number of alkyl halides is 3. The fraction of sp³-hybridized carbons (Fsp3) is 0.0938. The van der Waals surface area contributed by atoms with Crippen LogP contribution in [0.15, 0.2) is 103 Å². The van der Waals surface area contributed by atoms with Gasteiger partial charge in [-0.3, -0.25) is 14.4 Å². The van der Waals surface area contributed by atoms with E-state index in [2.05, 4.69) is 15.6 Å². The number of rotatable bonds is 8. The molecule has 1 unspecified atom stereocenters. The van der Waals surface area contributed by atoms with Gasteiger partial charge in [0.15, 0.2) is 5.01 Å². The Labute approximate surface area is 258 Å². The predicted octanol–water partition coefficient (Wildman–Crippen LogP) is 5.99. The number of Topliss-reactive ketones (excluding diaryl/α,β-unsaturated/α-hetero) is 1. The maximum Gasteiger partial charge on any atom is 0.490 e. The summed E-state index contributed by atoms with van der Waals surface area (Å²) in [6, 6.07) is 29.3. The van der Waals surface area contributed by atoms with E-state index >= 15 is 0 Å². The molecular weight excluding hydrogens is 609 g/mol. The fourth-order valence-corrected chi connectivity index (χ4v) is 4.95. The number of carboxylic acids is 1. The number of benzene rings is 4. The van der Waals surface area contributed by atoms with Crippen molar-refractivity contribution >= 4 is 50.8 Å². The van der Waals surface area contributed by atoms with Crippen LogP contribution in [0.4, 0.5) is 18.9 Å². The fourth-order valence-electron chi connectivity index (χ4n) is 3.97. The largest absolute Gasteiger partial charge is 0.490 e. The van der Waals surface area contributed by atoms with E-state index in [1.807, 2.05) is 24.3 Å². The number of nitrogens with one attached hydrogen (secondary N) is 2. The van der Waals surface area contributed by atoms with Crippen molar-refractivity contribution in [2.45, 2.75) is 18.8 Å². The minimum absolute atomic E-state index is 0.227. The molecule has 1 heterocycles. The number of thiazole rings is 1. The van der Waals surface area contributed by atoms with Gasteiger partial charge < -0.3 is 21.5 Å². The van der Waals surface area contributed by atoms with Crippen LogP contribution in [-0.4, -0.2) is 39.8 Å². The molecule has 5 N–H and O–H groups in total. The van der Waals surface area contributed by atoms with Crippen LogP contribution < -0.4 is 16.4 Å². The van der Waals surface area contributed by atoms with Crippen molar-refractivity contribution in [2.75, 3.05) is 5.32 Å². The van der Waals surface area contributed by atoms with E-state index in [0.717, 1.165) is 10.3 Å². The topological polar surface area (TPSA) is 151 Å². The third kappa shape index (κ3) is 8.59. The van der Waals surface area contributed by atoms with Crippen molar-refractivity contribution in [3.05, 3.63) is 130 Å². The van der Waals surface area contributed by atoms with Crippen LogP contribution in [0.2, 0.25) is 0 Å². The molecule has 2 amide bonds. The van der Waals surface area contributed by atoms with Crippen LogP contribution in [0.25, 0.3) is 10.2 Å². The van der Waals surface area contributed by atoms with Crippen molar-refractivity contribution in [3.63, 3.8) is 0 Å². The van der Waals surface area contributed by atoms with E-state index in [0.29, 0.717) is 34.4 Å². The molecular formula is C32H25F3N4O5S. The molecule has 13 heteroatoms. The Kier molecular flexibility index (Phi) is 10.4. The summed E-state index contributed by atoms with van der Waals surface area (Å²) in [4.78, 5) is 52.7. The van der Waals surface area contributed by atoms with Crippen molar-refractivity contribution < 1.29 is 37.5 Å². The number of aliphatic carboxylic acids is 1. The highest BCUT2D eigenvalue weighted by molar-refractivity contribution is 7.20. The van der Waals surface area contributed by atoms with Crippen LogP contribution in [0.5, 0.6) is 0 Å². The Morgan fingerprint density at radius 1 is 0.822 bits per heavy atom. The molecule has 0 aliphatic heterocycles. The number of nitrogens with zero attached hydrogens (tertiary/aromatic N) is 1. The van der Waals surface area contributed by atoms with Gasteiger partial charge in [-0.25, -0.2) is 9.78 Å². The molecule has 1 aromatic heterocycles. The number of anilines is 1. The van der Waals surface area contributed by atoms with Crippen LogP contribution in [0, 0.1) is 0 Å². The summed E-state index contributed by atoms with van der Waals surface area (Å²) in [7, 11) is 0. The number of aromatic nitrogens is 1. The number of amides is 2. The Balaban J connectivity index is 0.000000591. The molecule has 0 aliphatic rings. The third-order valence-electron chi connectivity index (χ3n) is 6.26. The number of ketones is 1. The predicted molar refractivity (Wildman–Crippen MR) is 163 cm³/mol. The molecule has 1 atom stereocenters. The summed E-state index contributed by atoms with van der Waals surface area (Å²) in [5.41, 5.74) is 9.50. The molecule has 230 valence electrons.